The van der Waals surface area contributed by atoms with Crippen LogP contribution in [0.25, 0.3) is 0 Å². The van der Waals surface area contributed by atoms with E-state index in [0.717, 1.165) is 11.4 Å². The van der Waals surface area contributed by atoms with E-state index in [4.69, 9.17) is 0 Å². The number of amides is 2. The summed E-state index contributed by atoms with van der Waals surface area (Å²) in [5, 5.41) is 5.62. The van der Waals surface area contributed by atoms with Crippen LogP contribution in [-0.2, 0) is 16.1 Å². The molecule has 1 aliphatic heterocycles. The molecule has 2 unspecified atom stereocenters. The molecule has 2 atom stereocenters. The Labute approximate surface area is 123 Å². The van der Waals surface area contributed by atoms with Crippen LogP contribution in [0.1, 0.15) is 38.6 Å². The standard InChI is InChI=1S/C14H21N3O2S/c1-4-5-10-14(19)17(8-11-15-6-7-20-11)12(9(2)3)13(18)16-10/h6-7,9-10,12H,4-5,8H2,1-3H3,(H,16,18). The summed E-state index contributed by atoms with van der Waals surface area (Å²) in [5.74, 6) is 0.0523. The van der Waals surface area contributed by atoms with Crippen LogP contribution in [0.15, 0.2) is 11.6 Å². The van der Waals surface area contributed by atoms with Crippen molar-refractivity contribution in [2.24, 2.45) is 5.92 Å². The zero-order valence-electron chi connectivity index (χ0n) is 12.1. The van der Waals surface area contributed by atoms with E-state index in [-0.39, 0.29) is 23.8 Å². The number of piperazine rings is 1. The van der Waals surface area contributed by atoms with Crippen molar-refractivity contribution >= 4 is 23.2 Å². The Morgan fingerprint density at radius 1 is 1.45 bits per heavy atom. The van der Waals surface area contributed by atoms with Gasteiger partial charge in [-0.15, -0.1) is 11.3 Å². The van der Waals surface area contributed by atoms with Crippen LogP contribution in [-0.4, -0.2) is 33.8 Å². The first-order valence-electron chi connectivity index (χ1n) is 7.03. The van der Waals surface area contributed by atoms with Gasteiger partial charge in [-0.1, -0.05) is 27.2 Å². The van der Waals surface area contributed by atoms with Crippen LogP contribution >= 0.6 is 11.3 Å². The van der Waals surface area contributed by atoms with E-state index in [1.807, 2.05) is 26.2 Å². The van der Waals surface area contributed by atoms with E-state index in [1.54, 1.807) is 11.1 Å². The van der Waals surface area contributed by atoms with Crippen molar-refractivity contribution < 1.29 is 9.59 Å². The second-order valence-electron chi connectivity index (χ2n) is 5.43. The van der Waals surface area contributed by atoms with Crippen molar-refractivity contribution in [3.63, 3.8) is 0 Å². The summed E-state index contributed by atoms with van der Waals surface area (Å²) >= 11 is 1.51. The van der Waals surface area contributed by atoms with Crippen LogP contribution in [0.3, 0.4) is 0 Å². The number of carbonyl (C=O) groups is 2. The molecule has 2 rings (SSSR count). The smallest absolute Gasteiger partial charge is 0.246 e. The van der Waals surface area contributed by atoms with Gasteiger partial charge in [0.05, 0.1) is 6.54 Å². The van der Waals surface area contributed by atoms with Gasteiger partial charge >= 0.3 is 0 Å². The Morgan fingerprint density at radius 2 is 2.20 bits per heavy atom. The summed E-state index contributed by atoms with van der Waals surface area (Å²) < 4.78 is 0. The molecule has 1 aromatic heterocycles. The molecule has 0 bridgehead atoms. The van der Waals surface area contributed by atoms with E-state index in [1.165, 1.54) is 11.3 Å². The summed E-state index contributed by atoms with van der Waals surface area (Å²) in [6.45, 7) is 6.37. The lowest BCUT2D eigenvalue weighted by molar-refractivity contribution is -0.152. The second-order valence-corrected chi connectivity index (χ2v) is 6.41. The lowest BCUT2D eigenvalue weighted by Crippen LogP contribution is -2.64. The molecule has 1 aliphatic rings. The highest BCUT2D eigenvalue weighted by molar-refractivity contribution is 7.09. The zero-order valence-corrected chi connectivity index (χ0v) is 12.9. The second kappa shape index (κ2) is 6.35. The SMILES string of the molecule is CCCC1NC(=O)C(C(C)C)N(Cc2nccs2)C1=O. The molecule has 1 fully saturated rings. The molecule has 1 N–H and O–H groups in total. The van der Waals surface area contributed by atoms with Gasteiger partial charge in [0.15, 0.2) is 0 Å². The number of hydrogen-bond acceptors (Lipinski definition) is 4. The highest BCUT2D eigenvalue weighted by Crippen LogP contribution is 2.22. The molecule has 0 aliphatic carbocycles. The third kappa shape index (κ3) is 3.00. The zero-order chi connectivity index (χ0) is 14.7. The fourth-order valence-corrected chi connectivity index (χ4v) is 3.21. The lowest BCUT2D eigenvalue weighted by atomic mass is 9.95. The van der Waals surface area contributed by atoms with E-state index in [0.29, 0.717) is 13.0 Å². The average molecular weight is 295 g/mol. The van der Waals surface area contributed by atoms with Gasteiger partial charge in [-0.25, -0.2) is 4.98 Å². The van der Waals surface area contributed by atoms with Crippen molar-refractivity contribution in [2.45, 2.75) is 52.2 Å². The minimum Gasteiger partial charge on any atom is -0.342 e. The summed E-state index contributed by atoms with van der Waals surface area (Å²) in [7, 11) is 0. The molecule has 2 heterocycles. The maximum atomic E-state index is 12.6. The van der Waals surface area contributed by atoms with Gasteiger partial charge in [0.2, 0.25) is 11.8 Å². The van der Waals surface area contributed by atoms with Crippen molar-refractivity contribution in [3.8, 4) is 0 Å². The first kappa shape index (κ1) is 15.0. The Hall–Kier alpha value is -1.43. The molecule has 0 saturated carbocycles. The molecule has 2 amide bonds. The third-order valence-electron chi connectivity index (χ3n) is 3.50. The third-order valence-corrected chi connectivity index (χ3v) is 4.26. The number of carbonyl (C=O) groups excluding carboxylic acids is 2. The monoisotopic (exact) mass is 295 g/mol. The van der Waals surface area contributed by atoms with Crippen LogP contribution in [0.5, 0.6) is 0 Å². The molecule has 20 heavy (non-hydrogen) atoms. The number of rotatable bonds is 5. The number of thiazole rings is 1. The molecule has 0 aromatic carbocycles. The molecule has 1 saturated heterocycles. The number of nitrogens with one attached hydrogen (secondary N) is 1. The van der Waals surface area contributed by atoms with E-state index >= 15 is 0 Å². The predicted octanol–water partition coefficient (Wildman–Crippen LogP) is 1.79. The number of aromatic nitrogens is 1. The lowest BCUT2D eigenvalue weighted by Gasteiger charge is -2.40. The first-order valence-corrected chi connectivity index (χ1v) is 7.91. The molecule has 5 nitrogen and oxygen atoms in total. The maximum Gasteiger partial charge on any atom is 0.246 e. The summed E-state index contributed by atoms with van der Waals surface area (Å²) in [6, 6.07) is -0.790. The van der Waals surface area contributed by atoms with E-state index < -0.39 is 6.04 Å². The van der Waals surface area contributed by atoms with Crippen LogP contribution in [0.2, 0.25) is 0 Å². The summed E-state index contributed by atoms with van der Waals surface area (Å²) in [5.41, 5.74) is 0. The first-order chi connectivity index (χ1) is 9.54. The molecule has 110 valence electrons. The summed E-state index contributed by atoms with van der Waals surface area (Å²) in [6.07, 6.45) is 3.28. The van der Waals surface area contributed by atoms with Crippen molar-refractivity contribution in [1.29, 1.82) is 0 Å². The fourth-order valence-electron chi connectivity index (χ4n) is 2.60. The van der Waals surface area contributed by atoms with Gasteiger partial charge in [-0.2, -0.15) is 0 Å². The molecule has 6 heteroatoms. The highest BCUT2D eigenvalue weighted by Gasteiger charge is 2.41. The molecule has 0 radical (unpaired) electrons. The normalized spacial score (nSPS) is 23.3. The van der Waals surface area contributed by atoms with Crippen LogP contribution < -0.4 is 5.32 Å². The van der Waals surface area contributed by atoms with Gasteiger partial charge in [0.1, 0.15) is 17.1 Å². The largest absolute Gasteiger partial charge is 0.342 e. The van der Waals surface area contributed by atoms with Gasteiger partial charge in [0.25, 0.3) is 0 Å². The summed E-state index contributed by atoms with van der Waals surface area (Å²) in [4.78, 5) is 30.8. The van der Waals surface area contributed by atoms with E-state index in [9.17, 15) is 9.59 Å². The van der Waals surface area contributed by atoms with Crippen LogP contribution in [0, 0.1) is 5.92 Å². The van der Waals surface area contributed by atoms with Crippen molar-refractivity contribution in [3.05, 3.63) is 16.6 Å². The molecular formula is C14H21N3O2S. The fraction of sp³-hybridized carbons (Fsp3) is 0.643. The van der Waals surface area contributed by atoms with Gasteiger partial charge in [-0.3, -0.25) is 9.59 Å². The van der Waals surface area contributed by atoms with E-state index in [2.05, 4.69) is 10.3 Å². The minimum absolute atomic E-state index is 0.0142. The predicted molar refractivity (Wildman–Crippen MR) is 78.1 cm³/mol. The Kier molecular flexibility index (Phi) is 4.75. The van der Waals surface area contributed by atoms with Crippen LogP contribution in [0.4, 0.5) is 0 Å². The Bertz CT molecular complexity index is 473. The highest BCUT2D eigenvalue weighted by atomic mass is 32.1. The van der Waals surface area contributed by atoms with Gasteiger partial charge in [-0.05, 0) is 12.3 Å². The molecule has 0 spiro atoms. The Balaban J connectivity index is 2.24. The van der Waals surface area contributed by atoms with Crippen molar-refractivity contribution in [2.75, 3.05) is 0 Å². The number of nitrogens with zero attached hydrogens (tertiary/aromatic N) is 2. The molecule has 1 aromatic rings. The minimum atomic E-state index is -0.403. The maximum absolute atomic E-state index is 12.6. The quantitative estimate of drug-likeness (QED) is 0.901. The molecular weight excluding hydrogens is 274 g/mol. The van der Waals surface area contributed by atoms with Crippen molar-refractivity contribution in [1.82, 2.24) is 15.2 Å². The Morgan fingerprint density at radius 3 is 2.75 bits per heavy atom. The van der Waals surface area contributed by atoms with Gasteiger partial charge < -0.3 is 10.2 Å². The average Bonchev–Trinajstić information content (AvgIpc) is 2.88. The van der Waals surface area contributed by atoms with Gasteiger partial charge in [0, 0.05) is 11.6 Å². The number of hydrogen-bond donors (Lipinski definition) is 1. The topological polar surface area (TPSA) is 62.3 Å².